The molecule has 0 radical (unpaired) electrons. The Hall–Kier alpha value is -3.47. The van der Waals surface area contributed by atoms with Crippen LogP contribution < -0.4 is 0 Å². The number of carbonyl (C=O) groups excluding carboxylic acids is 1. The Labute approximate surface area is 131 Å². The minimum atomic E-state index is -0.748. The quantitative estimate of drug-likeness (QED) is 0.402. The van der Waals surface area contributed by atoms with Gasteiger partial charge in [0.15, 0.2) is 5.75 Å². The summed E-state index contributed by atoms with van der Waals surface area (Å²) < 4.78 is 1.10. The van der Waals surface area contributed by atoms with Crippen molar-refractivity contribution in [1.82, 2.24) is 9.78 Å². The van der Waals surface area contributed by atoms with Gasteiger partial charge in [0.2, 0.25) is 0 Å². The molecule has 0 aliphatic heterocycles. The van der Waals surface area contributed by atoms with Gasteiger partial charge in [-0.05, 0) is 37.6 Å². The number of carbonyl (C=O) groups is 1. The average molecular weight is 312 g/mol. The number of phenolic OH excluding ortho intramolecular Hbond substituents is 1. The van der Waals surface area contributed by atoms with E-state index in [1.165, 1.54) is 12.1 Å². The third-order valence-corrected chi connectivity index (χ3v) is 3.06. The number of rotatable bonds is 3. The second-order valence-electron chi connectivity index (χ2n) is 4.82. The first-order valence-corrected chi connectivity index (χ1v) is 6.50. The Morgan fingerprint density at radius 3 is 2.65 bits per heavy atom. The summed E-state index contributed by atoms with van der Waals surface area (Å²) in [4.78, 5) is 22.4. The zero-order valence-electron chi connectivity index (χ0n) is 12.3. The van der Waals surface area contributed by atoms with E-state index in [2.05, 4.69) is 5.10 Å². The van der Waals surface area contributed by atoms with Gasteiger partial charge in [-0.1, -0.05) is 6.07 Å². The zero-order valence-corrected chi connectivity index (χ0v) is 12.3. The molecule has 8 heteroatoms. The summed E-state index contributed by atoms with van der Waals surface area (Å²) in [5.74, 6) is -1.12. The van der Waals surface area contributed by atoms with Crippen LogP contribution in [0.1, 0.15) is 21.7 Å². The number of aromatic nitrogens is 2. The van der Waals surface area contributed by atoms with Crippen molar-refractivity contribution >= 4 is 17.7 Å². The Balaban J connectivity index is 2.45. The number of phenols is 1. The van der Waals surface area contributed by atoms with Gasteiger partial charge in [0.1, 0.15) is 11.6 Å². The van der Waals surface area contributed by atoms with Crippen molar-refractivity contribution < 1.29 is 14.8 Å². The van der Waals surface area contributed by atoms with E-state index in [9.17, 15) is 25.3 Å². The largest absolute Gasteiger partial charge is 0.502 e. The molecule has 2 rings (SSSR count). The van der Waals surface area contributed by atoms with Gasteiger partial charge in [-0.15, -0.1) is 0 Å². The average Bonchev–Trinajstić information content (AvgIpc) is 2.84. The third kappa shape index (κ3) is 3.24. The summed E-state index contributed by atoms with van der Waals surface area (Å²) in [7, 11) is 0. The molecule has 1 aromatic carbocycles. The lowest BCUT2D eigenvalue weighted by molar-refractivity contribution is -0.385. The van der Waals surface area contributed by atoms with Crippen molar-refractivity contribution in [2.24, 2.45) is 0 Å². The van der Waals surface area contributed by atoms with Crippen molar-refractivity contribution in [2.75, 3.05) is 0 Å². The number of nitro groups is 1. The first-order chi connectivity index (χ1) is 10.8. The van der Waals surface area contributed by atoms with Gasteiger partial charge in [0.05, 0.1) is 10.6 Å². The van der Waals surface area contributed by atoms with Crippen LogP contribution in [0.15, 0.2) is 29.8 Å². The molecule has 0 spiro atoms. The zero-order chi connectivity index (χ0) is 17.1. The first-order valence-electron chi connectivity index (χ1n) is 6.50. The molecule has 1 heterocycles. The van der Waals surface area contributed by atoms with Gasteiger partial charge in [-0.3, -0.25) is 14.9 Å². The lowest BCUT2D eigenvalue weighted by atomic mass is 10.1. The molecule has 0 unspecified atom stereocenters. The van der Waals surface area contributed by atoms with Gasteiger partial charge >= 0.3 is 5.69 Å². The van der Waals surface area contributed by atoms with Crippen LogP contribution in [0.5, 0.6) is 5.75 Å². The second-order valence-corrected chi connectivity index (χ2v) is 4.82. The predicted molar refractivity (Wildman–Crippen MR) is 80.7 cm³/mol. The topological polar surface area (TPSA) is 122 Å². The highest BCUT2D eigenvalue weighted by Gasteiger charge is 2.17. The van der Waals surface area contributed by atoms with Crippen LogP contribution >= 0.6 is 0 Å². The number of hydrogen-bond donors (Lipinski definition) is 1. The van der Waals surface area contributed by atoms with Crippen molar-refractivity contribution in [3.05, 3.63) is 56.9 Å². The number of aromatic hydroxyl groups is 1. The second kappa shape index (κ2) is 6.11. The Bertz CT molecular complexity index is 874. The van der Waals surface area contributed by atoms with E-state index in [-0.39, 0.29) is 11.1 Å². The molecule has 0 saturated heterocycles. The molecule has 0 aliphatic rings. The molecule has 8 nitrogen and oxygen atoms in total. The molecule has 1 N–H and O–H groups in total. The molecule has 2 aromatic rings. The predicted octanol–water partition coefficient (Wildman–Crippen LogP) is 2.36. The number of nitriles is 1. The Morgan fingerprint density at radius 1 is 1.43 bits per heavy atom. The Morgan fingerprint density at radius 2 is 2.13 bits per heavy atom. The van der Waals surface area contributed by atoms with E-state index in [1.807, 2.05) is 0 Å². The van der Waals surface area contributed by atoms with E-state index in [1.54, 1.807) is 26.0 Å². The van der Waals surface area contributed by atoms with E-state index in [0.717, 1.165) is 16.8 Å². The highest BCUT2D eigenvalue weighted by Crippen LogP contribution is 2.27. The van der Waals surface area contributed by atoms with E-state index in [0.29, 0.717) is 11.4 Å². The van der Waals surface area contributed by atoms with Gasteiger partial charge in [-0.25, -0.2) is 4.68 Å². The van der Waals surface area contributed by atoms with Crippen LogP contribution in [-0.2, 0) is 0 Å². The number of aryl methyl sites for hydroxylation is 2. The fraction of sp³-hybridized carbons (Fsp3) is 0.133. The number of hydrogen-bond acceptors (Lipinski definition) is 6. The lowest BCUT2D eigenvalue weighted by Gasteiger charge is -2.02. The summed E-state index contributed by atoms with van der Waals surface area (Å²) in [5.41, 5.74) is 0.727. The molecule has 0 fully saturated rings. The monoisotopic (exact) mass is 312 g/mol. The molecule has 116 valence electrons. The van der Waals surface area contributed by atoms with Crippen LogP contribution in [0.4, 0.5) is 5.69 Å². The number of nitro benzene ring substituents is 1. The summed E-state index contributed by atoms with van der Waals surface area (Å²) >= 11 is 0. The molecule has 0 amide bonds. The van der Waals surface area contributed by atoms with Gasteiger partial charge < -0.3 is 5.11 Å². The molecule has 0 aliphatic carbocycles. The van der Waals surface area contributed by atoms with Crippen LogP contribution in [-0.4, -0.2) is 25.7 Å². The van der Waals surface area contributed by atoms with Gasteiger partial charge in [0, 0.05) is 11.8 Å². The van der Waals surface area contributed by atoms with E-state index >= 15 is 0 Å². The fourth-order valence-corrected chi connectivity index (χ4v) is 2.03. The number of nitrogens with zero attached hydrogens (tertiary/aromatic N) is 4. The van der Waals surface area contributed by atoms with Gasteiger partial charge in [0.25, 0.3) is 5.91 Å². The third-order valence-electron chi connectivity index (χ3n) is 3.06. The minimum Gasteiger partial charge on any atom is -0.502 e. The van der Waals surface area contributed by atoms with E-state index < -0.39 is 22.3 Å². The van der Waals surface area contributed by atoms with Crippen LogP contribution in [0, 0.1) is 35.3 Å². The van der Waals surface area contributed by atoms with Crippen molar-refractivity contribution in [1.29, 1.82) is 5.26 Å². The molecule has 0 atom stereocenters. The maximum atomic E-state index is 12.3. The Kier molecular flexibility index (Phi) is 4.23. The van der Waals surface area contributed by atoms with Crippen molar-refractivity contribution in [3.63, 3.8) is 0 Å². The SMILES string of the molecule is Cc1cc(C)n(C(=O)/C(C#N)=C/c2ccc(O)c([N+](=O)[O-])c2)n1. The first kappa shape index (κ1) is 15.9. The summed E-state index contributed by atoms with van der Waals surface area (Å²) in [6.45, 7) is 3.40. The fourth-order valence-electron chi connectivity index (χ4n) is 2.03. The minimum absolute atomic E-state index is 0.226. The van der Waals surface area contributed by atoms with E-state index in [4.69, 9.17) is 0 Å². The highest BCUT2D eigenvalue weighted by atomic mass is 16.6. The molecular weight excluding hydrogens is 300 g/mol. The maximum Gasteiger partial charge on any atom is 0.311 e. The van der Waals surface area contributed by atoms with Gasteiger partial charge in [-0.2, -0.15) is 10.4 Å². The molecule has 0 saturated carbocycles. The summed E-state index contributed by atoms with van der Waals surface area (Å²) in [6, 6.07) is 7.05. The summed E-state index contributed by atoms with van der Waals surface area (Å²) in [5, 5.41) is 33.4. The molecule has 0 bridgehead atoms. The summed E-state index contributed by atoms with van der Waals surface area (Å²) in [6.07, 6.45) is 1.21. The molecule has 23 heavy (non-hydrogen) atoms. The van der Waals surface area contributed by atoms with Crippen LogP contribution in [0.3, 0.4) is 0 Å². The van der Waals surface area contributed by atoms with Crippen molar-refractivity contribution in [3.8, 4) is 11.8 Å². The van der Waals surface area contributed by atoms with Crippen LogP contribution in [0.25, 0.3) is 6.08 Å². The standard InChI is InChI=1S/C15H12N4O4/c1-9-5-10(2)18(17-9)15(21)12(8-16)6-11-3-4-14(20)13(7-11)19(22)23/h3-7,20H,1-2H3/b12-6+. The number of allylic oxidation sites excluding steroid dienone is 1. The van der Waals surface area contributed by atoms with Crippen molar-refractivity contribution in [2.45, 2.75) is 13.8 Å². The normalized spacial score (nSPS) is 11.1. The lowest BCUT2D eigenvalue weighted by Crippen LogP contribution is -2.15. The number of benzene rings is 1. The smallest absolute Gasteiger partial charge is 0.311 e. The maximum absolute atomic E-state index is 12.3. The molecular formula is C15H12N4O4. The molecule has 1 aromatic heterocycles. The van der Waals surface area contributed by atoms with Crippen LogP contribution in [0.2, 0.25) is 0 Å². The highest BCUT2D eigenvalue weighted by molar-refractivity contribution is 6.03.